The van der Waals surface area contributed by atoms with Gasteiger partial charge in [-0.1, -0.05) is 25.1 Å². The molecule has 2 N–H and O–H groups in total. The van der Waals surface area contributed by atoms with E-state index in [1.54, 1.807) is 0 Å². The van der Waals surface area contributed by atoms with Crippen LogP contribution in [-0.4, -0.2) is 54.8 Å². The summed E-state index contributed by atoms with van der Waals surface area (Å²) in [6.45, 7) is 4.15. The number of para-hydroxylation sites is 1. The van der Waals surface area contributed by atoms with Crippen molar-refractivity contribution in [3.05, 3.63) is 29.8 Å². The lowest BCUT2D eigenvalue weighted by atomic mass is 10.1. The normalized spacial score (nSPS) is 16.9. The van der Waals surface area contributed by atoms with Gasteiger partial charge in [-0.3, -0.25) is 9.69 Å². The SMILES string of the molecule is CCN(CCO)CC(=O)NCC1Cc2ccccc2O1. The number of likely N-dealkylation sites (N-methyl/N-ethyl adjacent to an activating group) is 1. The van der Waals surface area contributed by atoms with Crippen LogP contribution in [0.2, 0.25) is 0 Å². The Bertz CT molecular complexity index is 425. The Morgan fingerprint density at radius 3 is 3.00 bits per heavy atom. The number of carbonyl (C=O) groups excluding carboxylic acids is 1. The molecule has 5 nitrogen and oxygen atoms in total. The van der Waals surface area contributed by atoms with Crippen LogP contribution in [0, 0.1) is 0 Å². The number of ether oxygens (including phenoxy) is 1. The minimum atomic E-state index is -0.0279. The lowest BCUT2D eigenvalue weighted by Crippen LogP contribution is -2.42. The number of hydrogen-bond donors (Lipinski definition) is 2. The molecule has 0 saturated carbocycles. The standard InChI is InChI=1S/C15H22N2O3/c1-2-17(7-8-18)11-15(19)16-10-13-9-12-5-3-4-6-14(12)20-13/h3-6,13,18H,2,7-11H2,1H3,(H,16,19). The molecule has 1 aliphatic rings. The number of fused-ring (bicyclic) bond motifs is 1. The fourth-order valence-corrected chi connectivity index (χ4v) is 2.34. The number of carbonyl (C=O) groups is 1. The molecule has 0 bridgehead atoms. The summed E-state index contributed by atoms with van der Waals surface area (Å²) < 4.78 is 5.77. The fraction of sp³-hybridized carbons (Fsp3) is 0.533. The van der Waals surface area contributed by atoms with Crippen LogP contribution >= 0.6 is 0 Å². The van der Waals surface area contributed by atoms with E-state index in [2.05, 4.69) is 11.4 Å². The van der Waals surface area contributed by atoms with Crippen molar-refractivity contribution < 1.29 is 14.6 Å². The van der Waals surface area contributed by atoms with Crippen molar-refractivity contribution in [1.82, 2.24) is 10.2 Å². The Hall–Kier alpha value is -1.59. The second kappa shape index (κ2) is 7.26. The van der Waals surface area contributed by atoms with Crippen molar-refractivity contribution in [1.29, 1.82) is 0 Å². The van der Waals surface area contributed by atoms with Crippen LogP contribution in [0.1, 0.15) is 12.5 Å². The van der Waals surface area contributed by atoms with Gasteiger partial charge in [-0.05, 0) is 18.2 Å². The largest absolute Gasteiger partial charge is 0.488 e. The molecule has 0 fully saturated rings. The van der Waals surface area contributed by atoms with Crippen molar-refractivity contribution in [3.8, 4) is 5.75 Å². The molecule has 0 spiro atoms. The molecular weight excluding hydrogens is 256 g/mol. The summed E-state index contributed by atoms with van der Waals surface area (Å²) in [5.74, 6) is 0.891. The number of amides is 1. The zero-order valence-corrected chi connectivity index (χ0v) is 11.8. The minimum Gasteiger partial charge on any atom is -0.488 e. The summed E-state index contributed by atoms with van der Waals surface area (Å²) >= 11 is 0. The Kier molecular flexibility index (Phi) is 5.38. The van der Waals surface area contributed by atoms with Crippen molar-refractivity contribution in [3.63, 3.8) is 0 Å². The number of nitrogens with one attached hydrogen (secondary N) is 1. The number of nitrogens with zero attached hydrogens (tertiary/aromatic N) is 1. The first kappa shape index (κ1) is 14.8. The zero-order valence-electron chi connectivity index (χ0n) is 11.8. The summed E-state index contributed by atoms with van der Waals surface area (Å²) in [7, 11) is 0. The first-order chi connectivity index (χ1) is 9.72. The number of aliphatic hydroxyl groups excluding tert-OH is 1. The van der Waals surface area contributed by atoms with Crippen molar-refractivity contribution in [2.24, 2.45) is 0 Å². The highest BCUT2D eigenvalue weighted by Gasteiger charge is 2.22. The molecule has 0 aliphatic carbocycles. The highest BCUT2D eigenvalue weighted by Crippen LogP contribution is 2.27. The number of rotatable bonds is 7. The Morgan fingerprint density at radius 2 is 2.30 bits per heavy atom. The summed E-state index contributed by atoms with van der Waals surface area (Å²) in [6.07, 6.45) is 0.856. The van der Waals surface area contributed by atoms with Gasteiger partial charge in [0.1, 0.15) is 11.9 Å². The van der Waals surface area contributed by atoms with Crippen molar-refractivity contribution in [2.75, 3.05) is 32.8 Å². The smallest absolute Gasteiger partial charge is 0.234 e. The van der Waals surface area contributed by atoms with Crippen LogP contribution in [0.25, 0.3) is 0 Å². The predicted octanol–water partition coefficient (Wildman–Crippen LogP) is 0.421. The number of hydrogen-bond acceptors (Lipinski definition) is 4. The van der Waals surface area contributed by atoms with E-state index < -0.39 is 0 Å². The third-order valence-electron chi connectivity index (χ3n) is 3.47. The first-order valence-electron chi connectivity index (χ1n) is 7.07. The highest BCUT2D eigenvalue weighted by molar-refractivity contribution is 5.78. The molecule has 0 saturated heterocycles. The molecule has 20 heavy (non-hydrogen) atoms. The van der Waals surface area contributed by atoms with Gasteiger partial charge in [0.15, 0.2) is 0 Å². The molecule has 1 aromatic carbocycles. The molecule has 0 radical (unpaired) electrons. The predicted molar refractivity (Wildman–Crippen MR) is 76.8 cm³/mol. The molecule has 1 aliphatic heterocycles. The van der Waals surface area contributed by atoms with Gasteiger partial charge in [-0.15, -0.1) is 0 Å². The van der Waals surface area contributed by atoms with Crippen LogP contribution in [0.3, 0.4) is 0 Å². The molecule has 0 aromatic heterocycles. The second-order valence-corrected chi connectivity index (χ2v) is 4.95. The van der Waals surface area contributed by atoms with E-state index in [0.29, 0.717) is 19.6 Å². The lowest BCUT2D eigenvalue weighted by Gasteiger charge is -2.19. The zero-order chi connectivity index (χ0) is 14.4. The lowest BCUT2D eigenvalue weighted by molar-refractivity contribution is -0.122. The van der Waals surface area contributed by atoms with E-state index in [1.165, 1.54) is 5.56 Å². The Morgan fingerprint density at radius 1 is 1.50 bits per heavy atom. The van der Waals surface area contributed by atoms with Gasteiger partial charge in [0.2, 0.25) is 5.91 Å². The first-order valence-corrected chi connectivity index (χ1v) is 7.07. The molecule has 1 atom stereocenters. The Balaban J connectivity index is 1.73. The van der Waals surface area contributed by atoms with Crippen molar-refractivity contribution >= 4 is 5.91 Å². The van der Waals surface area contributed by atoms with Gasteiger partial charge >= 0.3 is 0 Å². The van der Waals surface area contributed by atoms with Crippen LogP contribution in [0.5, 0.6) is 5.75 Å². The van der Waals surface area contributed by atoms with Gasteiger partial charge < -0.3 is 15.2 Å². The van der Waals surface area contributed by atoms with E-state index in [9.17, 15) is 4.79 Å². The summed E-state index contributed by atoms with van der Waals surface area (Å²) in [5, 5.41) is 11.8. The summed E-state index contributed by atoms with van der Waals surface area (Å²) in [4.78, 5) is 13.7. The molecule has 1 amide bonds. The van der Waals surface area contributed by atoms with Crippen LogP contribution in [0.4, 0.5) is 0 Å². The average Bonchev–Trinajstić information content (AvgIpc) is 2.87. The van der Waals surface area contributed by atoms with E-state index >= 15 is 0 Å². The molecule has 1 heterocycles. The third-order valence-corrected chi connectivity index (χ3v) is 3.47. The maximum absolute atomic E-state index is 11.8. The molecule has 110 valence electrons. The second-order valence-electron chi connectivity index (χ2n) is 4.95. The van der Waals surface area contributed by atoms with E-state index in [1.807, 2.05) is 30.0 Å². The maximum Gasteiger partial charge on any atom is 0.234 e. The van der Waals surface area contributed by atoms with Crippen LogP contribution in [-0.2, 0) is 11.2 Å². The molecular formula is C15H22N2O3. The van der Waals surface area contributed by atoms with Crippen molar-refractivity contribution in [2.45, 2.75) is 19.4 Å². The summed E-state index contributed by atoms with van der Waals surface area (Å²) in [5.41, 5.74) is 1.20. The van der Waals surface area contributed by atoms with Crippen LogP contribution in [0.15, 0.2) is 24.3 Å². The molecule has 1 aromatic rings. The fourth-order valence-electron chi connectivity index (χ4n) is 2.34. The maximum atomic E-state index is 11.8. The third kappa shape index (κ3) is 3.95. The van der Waals surface area contributed by atoms with Gasteiger partial charge in [0.05, 0.1) is 19.7 Å². The van der Waals surface area contributed by atoms with Gasteiger partial charge in [0, 0.05) is 13.0 Å². The molecule has 1 unspecified atom stereocenters. The highest BCUT2D eigenvalue weighted by atomic mass is 16.5. The topological polar surface area (TPSA) is 61.8 Å². The number of aliphatic hydroxyl groups is 1. The van der Waals surface area contributed by atoms with E-state index in [0.717, 1.165) is 18.7 Å². The van der Waals surface area contributed by atoms with Gasteiger partial charge in [-0.25, -0.2) is 0 Å². The van der Waals surface area contributed by atoms with Gasteiger partial charge in [0.25, 0.3) is 0 Å². The minimum absolute atomic E-state index is 0.0178. The quantitative estimate of drug-likeness (QED) is 0.759. The summed E-state index contributed by atoms with van der Waals surface area (Å²) in [6, 6.07) is 7.96. The van der Waals surface area contributed by atoms with Gasteiger partial charge in [-0.2, -0.15) is 0 Å². The average molecular weight is 278 g/mol. The van der Waals surface area contributed by atoms with Crippen LogP contribution < -0.4 is 10.1 Å². The number of benzene rings is 1. The molecule has 2 rings (SSSR count). The van der Waals surface area contributed by atoms with E-state index in [-0.39, 0.29) is 18.6 Å². The van der Waals surface area contributed by atoms with E-state index in [4.69, 9.17) is 9.84 Å². The monoisotopic (exact) mass is 278 g/mol. The Labute approximate surface area is 119 Å². The molecule has 5 heteroatoms.